The molecule has 0 spiro atoms. The van der Waals surface area contributed by atoms with Gasteiger partial charge in [-0.05, 0) is 25.2 Å². The Morgan fingerprint density at radius 3 is 2.67 bits per heavy atom. The van der Waals surface area contributed by atoms with Crippen molar-refractivity contribution >= 4 is 11.7 Å². The Morgan fingerprint density at radius 2 is 1.96 bits per heavy atom. The maximum absolute atomic E-state index is 11.6. The Morgan fingerprint density at radius 1 is 1.15 bits per heavy atom. The van der Waals surface area contributed by atoms with Crippen LogP contribution in [0.2, 0.25) is 0 Å². The normalized spacial score (nSPS) is 24.1. The molecule has 27 heavy (non-hydrogen) atoms. The number of likely N-dealkylation sites (tertiary alicyclic amines) is 1. The molecular weight excluding hydrogens is 338 g/mol. The number of carbonyl (C=O) groups is 1. The third-order valence-corrected chi connectivity index (χ3v) is 6.63. The van der Waals surface area contributed by atoms with E-state index in [4.69, 9.17) is 9.97 Å². The van der Waals surface area contributed by atoms with Gasteiger partial charge in [-0.1, -0.05) is 19.3 Å². The molecule has 1 aromatic rings. The van der Waals surface area contributed by atoms with Gasteiger partial charge in [-0.3, -0.25) is 9.69 Å². The SMILES string of the molecule is CNc1nc(C2CCN(C(C)=O)C2)nc2c1CN(CC1CCCCC1)CC2. The first-order valence-electron chi connectivity index (χ1n) is 10.7. The fourth-order valence-corrected chi connectivity index (χ4v) is 5.03. The molecule has 1 amide bonds. The maximum Gasteiger partial charge on any atom is 0.219 e. The molecule has 1 atom stereocenters. The minimum absolute atomic E-state index is 0.155. The number of fused-ring (bicyclic) bond motifs is 1. The number of nitrogens with zero attached hydrogens (tertiary/aromatic N) is 4. The van der Waals surface area contributed by atoms with Gasteiger partial charge >= 0.3 is 0 Å². The highest BCUT2D eigenvalue weighted by Gasteiger charge is 2.30. The van der Waals surface area contributed by atoms with Crippen molar-refractivity contribution in [3.63, 3.8) is 0 Å². The van der Waals surface area contributed by atoms with Gasteiger partial charge in [0.05, 0.1) is 5.69 Å². The predicted molar refractivity (Wildman–Crippen MR) is 107 cm³/mol. The van der Waals surface area contributed by atoms with Crippen molar-refractivity contribution in [3.05, 3.63) is 17.1 Å². The first-order chi connectivity index (χ1) is 13.1. The van der Waals surface area contributed by atoms with Gasteiger partial charge in [0.15, 0.2) is 0 Å². The van der Waals surface area contributed by atoms with Gasteiger partial charge in [0, 0.05) is 64.6 Å². The Bertz CT molecular complexity index is 668. The zero-order valence-corrected chi connectivity index (χ0v) is 16.8. The van der Waals surface area contributed by atoms with Crippen molar-refractivity contribution in [3.8, 4) is 0 Å². The molecule has 1 aliphatic carbocycles. The van der Waals surface area contributed by atoms with Crippen LogP contribution >= 0.6 is 0 Å². The van der Waals surface area contributed by atoms with Crippen molar-refractivity contribution in [2.24, 2.45) is 5.92 Å². The number of hydrogen-bond donors (Lipinski definition) is 1. The number of amides is 1. The van der Waals surface area contributed by atoms with E-state index in [1.165, 1.54) is 49.9 Å². The quantitative estimate of drug-likeness (QED) is 0.882. The standard InChI is InChI=1S/C21H33N5O/c1-15(27)26-11-8-17(13-26)20-23-19-9-10-25(12-16-6-4-3-5-7-16)14-18(19)21(22-2)24-20/h16-17H,3-14H2,1-2H3,(H,22,23,24). The molecular formula is C21H33N5O. The first kappa shape index (κ1) is 18.7. The van der Waals surface area contributed by atoms with Crippen LogP contribution in [0.25, 0.3) is 0 Å². The molecule has 4 rings (SSSR count). The molecule has 2 aliphatic heterocycles. The van der Waals surface area contributed by atoms with E-state index >= 15 is 0 Å². The van der Waals surface area contributed by atoms with Gasteiger partial charge in [-0.2, -0.15) is 0 Å². The summed E-state index contributed by atoms with van der Waals surface area (Å²) < 4.78 is 0. The van der Waals surface area contributed by atoms with Crippen LogP contribution in [0, 0.1) is 5.92 Å². The van der Waals surface area contributed by atoms with Crippen LogP contribution in [0.1, 0.15) is 68.4 Å². The average molecular weight is 372 g/mol. The number of aromatic nitrogens is 2. The fourth-order valence-electron chi connectivity index (χ4n) is 5.03. The monoisotopic (exact) mass is 371 g/mol. The Kier molecular flexibility index (Phi) is 5.62. The van der Waals surface area contributed by atoms with Crippen LogP contribution in [-0.2, 0) is 17.8 Å². The summed E-state index contributed by atoms with van der Waals surface area (Å²) in [6, 6.07) is 0. The van der Waals surface area contributed by atoms with Crippen LogP contribution < -0.4 is 5.32 Å². The lowest BCUT2D eigenvalue weighted by molar-refractivity contribution is -0.127. The topological polar surface area (TPSA) is 61.4 Å². The van der Waals surface area contributed by atoms with Crippen LogP contribution in [0.3, 0.4) is 0 Å². The van der Waals surface area contributed by atoms with Gasteiger partial charge < -0.3 is 10.2 Å². The molecule has 2 fully saturated rings. The molecule has 1 saturated carbocycles. The lowest BCUT2D eigenvalue weighted by Crippen LogP contribution is -2.36. The summed E-state index contributed by atoms with van der Waals surface area (Å²) in [6.07, 6.45) is 8.99. The molecule has 3 heterocycles. The Balaban J connectivity index is 1.48. The largest absolute Gasteiger partial charge is 0.373 e. The molecule has 1 N–H and O–H groups in total. The zero-order chi connectivity index (χ0) is 18.8. The second-order valence-electron chi connectivity index (χ2n) is 8.55. The van der Waals surface area contributed by atoms with E-state index in [2.05, 4.69) is 10.2 Å². The van der Waals surface area contributed by atoms with E-state index in [1.54, 1.807) is 6.92 Å². The minimum Gasteiger partial charge on any atom is -0.373 e. The van der Waals surface area contributed by atoms with E-state index in [9.17, 15) is 4.79 Å². The zero-order valence-electron chi connectivity index (χ0n) is 16.8. The van der Waals surface area contributed by atoms with Crippen molar-refractivity contribution in [1.29, 1.82) is 0 Å². The second kappa shape index (κ2) is 8.13. The summed E-state index contributed by atoms with van der Waals surface area (Å²) in [4.78, 5) is 26.0. The highest BCUT2D eigenvalue weighted by Crippen LogP contribution is 2.31. The number of hydrogen-bond acceptors (Lipinski definition) is 5. The van der Waals surface area contributed by atoms with Gasteiger partial charge in [-0.15, -0.1) is 0 Å². The lowest BCUT2D eigenvalue weighted by atomic mass is 9.88. The van der Waals surface area contributed by atoms with E-state index in [0.717, 1.165) is 56.6 Å². The predicted octanol–water partition coefficient (Wildman–Crippen LogP) is 2.79. The highest BCUT2D eigenvalue weighted by molar-refractivity contribution is 5.73. The van der Waals surface area contributed by atoms with Crippen molar-refractivity contribution in [1.82, 2.24) is 19.8 Å². The summed E-state index contributed by atoms with van der Waals surface area (Å²) in [6.45, 7) is 6.52. The Labute approximate surface area is 162 Å². The molecule has 3 aliphatic rings. The first-order valence-corrected chi connectivity index (χ1v) is 10.7. The maximum atomic E-state index is 11.6. The Hall–Kier alpha value is -1.69. The molecule has 148 valence electrons. The number of carbonyl (C=O) groups excluding carboxylic acids is 1. The molecule has 1 aromatic heterocycles. The average Bonchev–Trinajstić information content (AvgIpc) is 3.18. The lowest BCUT2D eigenvalue weighted by Gasteiger charge is -2.33. The van der Waals surface area contributed by atoms with Gasteiger partial charge in [0.25, 0.3) is 0 Å². The molecule has 0 radical (unpaired) electrons. The smallest absolute Gasteiger partial charge is 0.219 e. The van der Waals surface area contributed by atoms with Crippen molar-refractivity contribution in [2.45, 2.75) is 64.3 Å². The van der Waals surface area contributed by atoms with Gasteiger partial charge in [0.2, 0.25) is 5.91 Å². The summed E-state index contributed by atoms with van der Waals surface area (Å²) in [7, 11) is 1.96. The molecule has 1 saturated heterocycles. The molecule has 0 aromatic carbocycles. The summed E-state index contributed by atoms with van der Waals surface area (Å²) in [5, 5.41) is 3.32. The number of rotatable bonds is 4. The van der Waals surface area contributed by atoms with Crippen molar-refractivity contribution < 1.29 is 4.79 Å². The molecule has 1 unspecified atom stereocenters. The van der Waals surface area contributed by atoms with E-state index in [-0.39, 0.29) is 11.8 Å². The minimum atomic E-state index is 0.155. The highest BCUT2D eigenvalue weighted by atomic mass is 16.2. The second-order valence-corrected chi connectivity index (χ2v) is 8.55. The summed E-state index contributed by atoms with van der Waals surface area (Å²) in [5.74, 6) is 3.20. The number of anilines is 1. The van der Waals surface area contributed by atoms with E-state index < -0.39 is 0 Å². The third-order valence-electron chi connectivity index (χ3n) is 6.63. The van der Waals surface area contributed by atoms with Crippen LogP contribution in [0.4, 0.5) is 5.82 Å². The van der Waals surface area contributed by atoms with Gasteiger partial charge in [0.1, 0.15) is 11.6 Å². The van der Waals surface area contributed by atoms with Gasteiger partial charge in [-0.25, -0.2) is 9.97 Å². The summed E-state index contributed by atoms with van der Waals surface area (Å²) in [5.41, 5.74) is 2.50. The van der Waals surface area contributed by atoms with Crippen LogP contribution in [0.5, 0.6) is 0 Å². The van der Waals surface area contributed by atoms with Crippen LogP contribution in [-0.4, -0.2) is 58.9 Å². The number of nitrogens with one attached hydrogen (secondary N) is 1. The van der Waals surface area contributed by atoms with E-state index in [0.29, 0.717) is 0 Å². The third kappa shape index (κ3) is 4.10. The van der Waals surface area contributed by atoms with E-state index in [1.807, 2.05) is 11.9 Å². The fraction of sp³-hybridized carbons (Fsp3) is 0.762. The molecule has 6 nitrogen and oxygen atoms in total. The summed E-state index contributed by atoms with van der Waals surface area (Å²) >= 11 is 0. The van der Waals surface area contributed by atoms with Crippen LogP contribution in [0.15, 0.2) is 0 Å². The molecule has 0 bridgehead atoms. The van der Waals surface area contributed by atoms with Crippen molar-refractivity contribution in [2.75, 3.05) is 38.5 Å². The molecule has 6 heteroatoms.